The summed E-state index contributed by atoms with van der Waals surface area (Å²) in [7, 11) is -3.39. The Morgan fingerprint density at radius 1 is 1.17 bits per heavy atom. The minimum Gasteiger partial charge on any atom is -0.449 e. The van der Waals surface area contributed by atoms with Gasteiger partial charge >= 0.3 is 5.97 Å². The zero-order valence-corrected chi connectivity index (χ0v) is 16.8. The van der Waals surface area contributed by atoms with Crippen molar-refractivity contribution in [1.29, 1.82) is 0 Å². The second kappa shape index (κ2) is 8.20. The van der Waals surface area contributed by atoms with Crippen molar-refractivity contribution >= 4 is 33.3 Å². The zero-order valence-electron chi connectivity index (χ0n) is 16.0. The van der Waals surface area contributed by atoms with Gasteiger partial charge in [-0.1, -0.05) is 0 Å². The molecule has 1 atom stereocenters. The monoisotopic (exact) mass is 420 g/mol. The van der Waals surface area contributed by atoms with E-state index in [1.54, 1.807) is 12.1 Å². The Balaban J connectivity index is 1.69. The molecule has 0 saturated heterocycles. The predicted octanol–water partition coefficient (Wildman–Crippen LogP) is 2.72. The molecule has 7 nitrogen and oxygen atoms in total. The third-order valence-corrected chi connectivity index (χ3v) is 5.74. The second-order valence-corrected chi connectivity index (χ2v) is 8.73. The van der Waals surface area contributed by atoms with Crippen molar-refractivity contribution < 1.29 is 27.1 Å². The number of rotatable bonds is 5. The number of nitrogens with one attached hydrogen (secondary N) is 1. The van der Waals surface area contributed by atoms with Crippen LogP contribution in [0.1, 0.15) is 29.3 Å². The average molecular weight is 420 g/mol. The highest BCUT2D eigenvalue weighted by molar-refractivity contribution is 7.92. The molecule has 154 valence electrons. The van der Waals surface area contributed by atoms with E-state index in [0.717, 1.165) is 11.8 Å². The first-order chi connectivity index (χ1) is 13.6. The van der Waals surface area contributed by atoms with E-state index in [4.69, 9.17) is 4.74 Å². The molecule has 29 heavy (non-hydrogen) atoms. The maximum atomic E-state index is 12.9. The summed E-state index contributed by atoms with van der Waals surface area (Å²) in [5, 5.41) is 2.54. The van der Waals surface area contributed by atoms with Gasteiger partial charge in [-0.2, -0.15) is 0 Å². The molecule has 1 amide bonds. The van der Waals surface area contributed by atoms with Crippen LogP contribution in [0.3, 0.4) is 0 Å². The molecule has 1 N–H and O–H groups in total. The van der Waals surface area contributed by atoms with Gasteiger partial charge in [-0.3, -0.25) is 9.10 Å². The van der Waals surface area contributed by atoms with E-state index in [1.807, 2.05) is 0 Å². The Morgan fingerprint density at radius 2 is 1.86 bits per heavy atom. The third-order valence-electron chi connectivity index (χ3n) is 4.56. The summed E-state index contributed by atoms with van der Waals surface area (Å²) in [5.41, 5.74) is 1.91. The summed E-state index contributed by atoms with van der Waals surface area (Å²) in [6, 6.07) is 9.88. The number of fused-ring (bicyclic) bond motifs is 1. The largest absolute Gasteiger partial charge is 0.449 e. The number of carbonyl (C=O) groups is 2. The number of sulfonamides is 1. The molecular weight excluding hydrogens is 399 g/mol. The number of anilines is 2. The Bertz CT molecular complexity index is 1040. The van der Waals surface area contributed by atoms with E-state index in [1.165, 1.54) is 41.6 Å². The number of hydrogen-bond donors (Lipinski definition) is 1. The number of carbonyl (C=O) groups excluding carboxylic acids is 2. The van der Waals surface area contributed by atoms with Crippen molar-refractivity contribution in [3.63, 3.8) is 0 Å². The number of ether oxygens (including phenoxy) is 1. The fourth-order valence-electron chi connectivity index (χ4n) is 3.09. The topological polar surface area (TPSA) is 92.8 Å². The van der Waals surface area contributed by atoms with Crippen molar-refractivity contribution in [3.8, 4) is 0 Å². The number of benzene rings is 2. The first-order valence-corrected chi connectivity index (χ1v) is 10.9. The normalized spacial score (nSPS) is 14.7. The number of hydrogen-bond acceptors (Lipinski definition) is 5. The molecule has 0 saturated carbocycles. The predicted molar refractivity (Wildman–Crippen MR) is 107 cm³/mol. The molecule has 3 rings (SSSR count). The molecule has 1 aliphatic rings. The Kier molecular flexibility index (Phi) is 5.88. The molecule has 0 spiro atoms. The van der Waals surface area contributed by atoms with Crippen LogP contribution in [0, 0.1) is 5.82 Å². The fourth-order valence-corrected chi connectivity index (χ4v) is 4.09. The number of aryl methyl sites for hydroxylation is 1. The van der Waals surface area contributed by atoms with Crippen LogP contribution in [0.15, 0.2) is 42.5 Å². The molecule has 0 aromatic heterocycles. The number of amides is 1. The van der Waals surface area contributed by atoms with Gasteiger partial charge in [-0.05, 0) is 67.8 Å². The highest BCUT2D eigenvalue weighted by atomic mass is 32.2. The summed E-state index contributed by atoms with van der Waals surface area (Å²) in [6.07, 6.45) is 1.36. The smallest absolute Gasteiger partial charge is 0.338 e. The van der Waals surface area contributed by atoms with Crippen LogP contribution in [0.25, 0.3) is 0 Å². The van der Waals surface area contributed by atoms with Crippen LogP contribution in [0.4, 0.5) is 15.8 Å². The molecule has 0 bridgehead atoms. The van der Waals surface area contributed by atoms with Crippen molar-refractivity contribution in [2.45, 2.75) is 25.9 Å². The zero-order chi connectivity index (χ0) is 21.2. The average Bonchev–Trinajstić information content (AvgIpc) is 2.67. The highest BCUT2D eigenvalue weighted by Gasteiger charge is 2.26. The molecule has 1 aliphatic heterocycles. The second-order valence-electron chi connectivity index (χ2n) is 6.83. The van der Waals surface area contributed by atoms with E-state index in [2.05, 4.69) is 5.32 Å². The van der Waals surface area contributed by atoms with E-state index in [0.29, 0.717) is 30.8 Å². The first-order valence-electron chi connectivity index (χ1n) is 9.03. The lowest BCUT2D eigenvalue weighted by molar-refractivity contribution is -0.123. The van der Waals surface area contributed by atoms with E-state index in [9.17, 15) is 22.4 Å². The molecule has 2 aromatic carbocycles. The third kappa shape index (κ3) is 4.92. The summed E-state index contributed by atoms with van der Waals surface area (Å²) in [5.74, 6) is -1.67. The van der Waals surface area contributed by atoms with Gasteiger partial charge in [0.1, 0.15) is 5.82 Å². The van der Waals surface area contributed by atoms with Crippen LogP contribution >= 0.6 is 0 Å². The van der Waals surface area contributed by atoms with Gasteiger partial charge in [0.2, 0.25) is 10.0 Å². The van der Waals surface area contributed by atoms with Gasteiger partial charge in [0.25, 0.3) is 5.91 Å². The Morgan fingerprint density at radius 3 is 2.52 bits per heavy atom. The van der Waals surface area contributed by atoms with Crippen LogP contribution < -0.4 is 9.62 Å². The Labute approximate surface area is 168 Å². The SMILES string of the molecule is C[C@H](OC(=O)c1ccc2c(c1)CCCN2S(C)(=O)=O)C(=O)Nc1ccc(F)cc1. The highest BCUT2D eigenvalue weighted by Crippen LogP contribution is 2.30. The maximum absolute atomic E-state index is 12.9. The number of esters is 1. The van der Waals surface area contributed by atoms with E-state index >= 15 is 0 Å². The van der Waals surface area contributed by atoms with Crippen LogP contribution in [-0.2, 0) is 26.0 Å². The number of nitrogens with zero attached hydrogens (tertiary/aromatic N) is 1. The number of halogens is 1. The van der Waals surface area contributed by atoms with Gasteiger partial charge in [-0.15, -0.1) is 0 Å². The maximum Gasteiger partial charge on any atom is 0.338 e. The lowest BCUT2D eigenvalue weighted by Crippen LogP contribution is -2.34. The lowest BCUT2D eigenvalue weighted by atomic mass is 10.0. The van der Waals surface area contributed by atoms with E-state index < -0.39 is 33.8 Å². The van der Waals surface area contributed by atoms with Gasteiger partial charge < -0.3 is 10.1 Å². The summed E-state index contributed by atoms with van der Waals surface area (Å²) in [4.78, 5) is 24.6. The molecule has 1 heterocycles. The minimum absolute atomic E-state index is 0.237. The molecule has 9 heteroatoms. The van der Waals surface area contributed by atoms with E-state index in [-0.39, 0.29) is 5.56 Å². The van der Waals surface area contributed by atoms with Crippen LogP contribution in [0.5, 0.6) is 0 Å². The standard InChI is InChI=1S/C20H21FN2O5S/c1-13(19(24)22-17-8-6-16(21)7-9-17)28-20(25)15-5-10-18-14(12-15)4-3-11-23(18)29(2,26)27/h5-10,12-13H,3-4,11H2,1-2H3,(H,22,24)/t13-/m0/s1. The summed E-state index contributed by atoms with van der Waals surface area (Å²) in [6.45, 7) is 1.83. The fraction of sp³-hybridized carbons (Fsp3) is 0.300. The molecular formula is C20H21FN2O5S. The minimum atomic E-state index is -3.39. The molecule has 0 unspecified atom stereocenters. The molecule has 0 aliphatic carbocycles. The lowest BCUT2D eigenvalue weighted by Gasteiger charge is -2.29. The summed E-state index contributed by atoms with van der Waals surface area (Å²) < 4.78 is 43.3. The molecule has 0 radical (unpaired) electrons. The van der Waals surface area contributed by atoms with Crippen molar-refractivity contribution in [2.24, 2.45) is 0 Å². The van der Waals surface area contributed by atoms with Crippen molar-refractivity contribution in [1.82, 2.24) is 0 Å². The quantitative estimate of drug-likeness (QED) is 0.751. The van der Waals surface area contributed by atoms with Crippen molar-refractivity contribution in [2.75, 3.05) is 22.4 Å². The first kappa shape index (κ1) is 20.8. The van der Waals surface area contributed by atoms with Crippen LogP contribution in [-0.4, -0.2) is 39.2 Å². The van der Waals surface area contributed by atoms with Gasteiger partial charge in [-0.25, -0.2) is 17.6 Å². The van der Waals surface area contributed by atoms with Crippen molar-refractivity contribution in [3.05, 3.63) is 59.4 Å². The molecule has 2 aromatic rings. The summed E-state index contributed by atoms with van der Waals surface area (Å²) >= 11 is 0. The van der Waals surface area contributed by atoms with Crippen LogP contribution in [0.2, 0.25) is 0 Å². The van der Waals surface area contributed by atoms with Gasteiger partial charge in [0.05, 0.1) is 17.5 Å². The van der Waals surface area contributed by atoms with Gasteiger partial charge in [0, 0.05) is 12.2 Å². The Hall–Kier alpha value is -2.94. The molecule has 0 fully saturated rings. The van der Waals surface area contributed by atoms with Gasteiger partial charge in [0.15, 0.2) is 6.10 Å².